The maximum absolute atomic E-state index is 12.9. The van der Waals surface area contributed by atoms with Crippen LogP contribution in [0.1, 0.15) is 48.7 Å². The lowest BCUT2D eigenvalue weighted by atomic mass is 9.94. The third-order valence-electron chi connectivity index (χ3n) is 6.40. The van der Waals surface area contributed by atoms with E-state index in [4.69, 9.17) is 0 Å². The number of aromatic nitrogens is 1. The molecule has 0 radical (unpaired) electrons. The van der Waals surface area contributed by atoms with Crippen molar-refractivity contribution in [1.82, 2.24) is 14.8 Å². The number of hydrogen-bond donors (Lipinski definition) is 1. The summed E-state index contributed by atoms with van der Waals surface area (Å²) in [6.07, 6.45) is 5.18. The fraction of sp³-hybridized carbons (Fsp3) is 0.542. The van der Waals surface area contributed by atoms with E-state index in [1.54, 1.807) is 12.1 Å². The summed E-state index contributed by atoms with van der Waals surface area (Å²) in [6, 6.07) is 9.08. The van der Waals surface area contributed by atoms with Crippen molar-refractivity contribution in [2.45, 2.75) is 39.0 Å². The van der Waals surface area contributed by atoms with E-state index in [0.29, 0.717) is 23.0 Å². The Morgan fingerprint density at radius 1 is 1.13 bits per heavy atom. The van der Waals surface area contributed by atoms with Crippen molar-refractivity contribution in [1.29, 1.82) is 0 Å². The van der Waals surface area contributed by atoms with Crippen LogP contribution in [0.4, 0.5) is 5.13 Å². The molecule has 0 aliphatic carbocycles. The van der Waals surface area contributed by atoms with Gasteiger partial charge in [0.1, 0.15) is 0 Å². The van der Waals surface area contributed by atoms with Gasteiger partial charge in [-0.05, 0) is 62.7 Å². The van der Waals surface area contributed by atoms with Crippen LogP contribution in [0.3, 0.4) is 0 Å². The molecule has 1 atom stereocenters. The van der Waals surface area contributed by atoms with Gasteiger partial charge in [-0.25, -0.2) is 4.98 Å². The summed E-state index contributed by atoms with van der Waals surface area (Å²) in [5.41, 5.74) is 1.32. The molecule has 2 aliphatic rings. The number of piperidine rings is 2. The number of thiazole rings is 1. The molecule has 1 aromatic carbocycles. The largest absolute Gasteiger partial charge is 0.342 e. The van der Waals surface area contributed by atoms with E-state index in [9.17, 15) is 9.59 Å². The van der Waals surface area contributed by atoms with Crippen LogP contribution in [0.5, 0.6) is 0 Å². The molecule has 0 saturated carbocycles. The molecule has 7 heteroatoms. The zero-order valence-corrected chi connectivity index (χ0v) is 19.1. The van der Waals surface area contributed by atoms with Crippen LogP contribution in [0.25, 0.3) is 0 Å². The van der Waals surface area contributed by atoms with Gasteiger partial charge in [0.05, 0.1) is 12.1 Å². The van der Waals surface area contributed by atoms with Gasteiger partial charge in [-0.15, -0.1) is 11.3 Å². The molecule has 2 aliphatic heterocycles. The van der Waals surface area contributed by atoms with Gasteiger partial charge in [-0.1, -0.05) is 25.1 Å². The number of carbonyl (C=O) groups is 2. The molecule has 0 bridgehead atoms. The van der Waals surface area contributed by atoms with Crippen molar-refractivity contribution in [3.8, 4) is 0 Å². The number of benzene rings is 1. The smallest absolute Gasteiger partial charge is 0.257 e. The number of nitrogens with zero attached hydrogens (tertiary/aromatic N) is 3. The summed E-state index contributed by atoms with van der Waals surface area (Å²) in [5.74, 6) is 1.38. The highest BCUT2D eigenvalue weighted by Gasteiger charge is 2.27. The maximum Gasteiger partial charge on any atom is 0.257 e. The first-order valence-corrected chi connectivity index (χ1v) is 12.3. The lowest BCUT2D eigenvalue weighted by Crippen LogP contribution is -2.45. The molecule has 1 unspecified atom stereocenters. The van der Waals surface area contributed by atoms with Crippen molar-refractivity contribution in [3.05, 3.63) is 47.0 Å². The Labute approximate surface area is 188 Å². The van der Waals surface area contributed by atoms with E-state index >= 15 is 0 Å². The molecule has 1 aromatic heterocycles. The third-order valence-corrected chi connectivity index (χ3v) is 7.21. The first-order valence-electron chi connectivity index (χ1n) is 11.4. The first kappa shape index (κ1) is 22.0. The van der Waals surface area contributed by atoms with E-state index in [2.05, 4.69) is 22.1 Å². The first-order chi connectivity index (χ1) is 15.1. The lowest BCUT2D eigenvalue weighted by molar-refractivity contribution is -0.132. The summed E-state index contributed by atoms with van der Waals surface area (Å²) >= 11 is 1.36. The minimum atomic E-state index is -0.182. The number of likely N-dealkylation sites (tertiary alicyclic amines) is 2. The van der Waals surface area contributed by atoms with Crippen LogP contribution in [0, 0.1) is 11.8 Å². The third kappa shape index (κ3) is 6.14. The molecule has 2 aromatic rings. The molecule has 166 valence electrons. The Hall–Kier alpha value is -2.25. The van der Waals surface area contributed by atoms with Crippen molar-refractivity contribution in [3.63, 3.8) is 0 Å². The summed E-state index contributed by atoms with van der Waals surface area (Å²) < 4.78 is 0. The normalized spacial score (nSPS) is 20.5. The van der Waals surface area contributed by atoms with E-state index in [-0.39, 0.29) is 11.8 Å². The molecule has 6 nitrogen and oxygen atoms in total. The monoisotopic (exact) mass is 440 g/mol. The zero-order chi connectivity index (χ0) is 21.6. The lowest BCUT2D eigenvalue weighted by Gasteiger charge is -2.37. The van der Waals surface area contributed by atoms with E-state index in [0.717, 1.165) is 37.7 Å². The fourth-order valence-corrected chi connectivity index (χ4v) is 5.23. The highest BCUT2D eigenvalue weighted by molar-refractivity contribution is 7.14. The Morgan fingerprint density at radius 3 is 2.68 bits per heavy atom. The van der Waals surface area contributed by atoms with Gasteiger partial charge in [0.25, 0.3) is 5.91 Å². The number of carbonyl (C=O) groups excluding carboxylic acids is 2. The summed E-state index contributed by atoms with van der Waals surface area (Å²) in [6.45, 7) is 7.54. The number of rotatable bonds is 6. The second kappa shape index (κ2) is 10.4. The van der Waals surface area contributed by atoms with Crippen molar-refractivity contribution >= 4 is 28.3 Å². The standard InChI is InChI=1S/C24H32N4O2S/c1-18-9-12-27(13-10-18)15-19-6-5-11-28(16-19)22(29)14-21-17-31-24(25-21)26-23(30)20-7-3-2-4-8-20/h2-4,7-8,17-19H,5-6,9-16H2,1H3,(H,25,26,30). The van der Waals surface area contributed by atoms with Crippen LogP contribution in [-0.4, -0.2) is 59.3 Å². The summed E-state index contributed by atoms with van der Waals surface area (Å²) in [7, 11) is 0. The SMILES string of the molecule is CC1CCN(CC2CCCN(C(=O)Cc3csc(NC(=O)c4ccccc4)n3)C2)CC1. The van der Waals surface area contributed by atoms with Crippen molar-refractivity contribution in [2.24, 2.45) is 11.8 Å². The highest BCUT2D eigenvalue weighted by atomic mass is 32.1. The number of anilines is 1. The molecule has 31 heavy (non-hydrogen) atoms. The van der Waals surface area contributed by atoms with Crippen LogP contribution in [0.15, 0.2) is 35.7 Å². The van der Waals surface area contributed by atoms with E-state index in [1.807, 2.05) is 28.5 Å². The Morgan fingerprint density at radius 2 is 1.90 bits per heavy atom. The van der Waals surface area contributed by atoms with Gasteiger partial charge in [0.2, 0.25) is 5.91 Å². The molecule has 2 saturated heterocycles. The second-order valence-electron chi connectivity index (χ2n) is 8.97. The van der Waals surface area contributed by atoms with E-state index in [1.165, 1.54) is 43.7 Å². The minimum Gasteiger partial charge on any atom is -0.342 e. The zero-order valence-electron chi connectivity index (χ0n) is 18.3. The van der Waals surface area contributed by atoms with Crippen molar-refractivity contribution in [2.75, 3.05) is 38.0 Å². The van der Waals surface area contributed by atoms with Gasteiger partial charge in [-0.3, -0.25) is 14.9 Å². The molecule has 1 N–H and O–H groups in total. The van der Waals surface area contributed by atoms with Crippen LogP contribution in [0.2, 0.25) is 0 Å². The molecule has 2 fully saturated rings. The molecular formula is C24H32N4O2S. The summed E-state index contributed by atoms with van der Waals surface area (Å²) in [5, 5.41) is 5.23. The molecule has 2 amide bonds. The predicted octanol–water partition coefficient (Wildman–Crippen LogP) is 3.91. The van der Waals surface area contributed by atoms with Crippen LogP contribution in [-0.2, 0) is 11.2 Å². The predicted molar refractivity (Wildman–Crippen MR) is 124 cm³/mol. The fourth-order valence-electron chi connectivity index (χ4n) is 4.52. The Balaban J connectivity index is 1.26. The van der Waals surface area contributed by atoms with Gasteiger partial charge < -0.3 is 9.80 Å². The topological polar surface area (TPSA) is 65.5 Å². The molecule has 4 rings (SSSR count). The highest BCUT2D eigenvalue weighted by Crippen LogP contribution is 2.23. The van der Waals surface area contributed by atoms with Gasteiger partial charge in [0.15, 0.2) is 5.13 Å². The van der Waals surface area contributed by atoms with Crippen LogP contribution >= 0.6 is 11.3 Å². The van der Waals surface area contributed by atoms with Gasteiger partial charge in [-0.2, -0.15) is 0 Å². The second-order valence-corrected chi connectivity index (χ2v) is 9.83. The Bertz CT molecular complexity index is 877. The number of hydrogen-bond acceptors (Lipinski definition) is 5. The van der Waals surface area contributed by atoms with Crippen LogP contribution < -0.4 is 5.32 Å². The average molecular weight is 441 g/mol. The molecule has 3 heterocycles. The maximum atomic E-state index is 12.9. The summed E-state index contributed by atoms with van der Waals surface area (Å²) in [4.78, 5) is 34.2. The number of amides is 2. The van der Waals surface area contributed by atoms with Crippen molar-refractivity contribution < 1.29 is 9.59 Å². The number of nitrogens with one attached hydrogen (secondary N) is 1. The Kier molecular flexibility index (Phi) is 7.35. The van der Waals surface area contributed by atoms with Gasteiger partial charge in [0, 0.05) is 30.6 Å². The minimum absolute atomic E-state index is 0.142. The average Bonchev–Trinajstić information content (AvgIpc) is 3.22. The van der Waals surface area contributed by atoms with Gasteiger partial charge >= 0.3 is 0 Å². The molecular weight excluding hydrogens is 408 g/mol. The molecule has 0 spiro atoms. The van der Waals surface area contributed by atoms with E-state index < -0.39 is 0 Å². The quantitative estimate of drug-likeness (QED) is 0.740.